The van der Waals surface area contributed by atoms with Gasteiger partial charge in [0.05, 0.1) is 6.54 Å². The summed E-state index contributed by atoms with van der Waals surface area (Å²) in [5.41, 5.74) is 5.70. The summed E-state index contributed by atoms with van der Waals surface area (Å²) in [6.07, 6.45) is 0.626. The molecule has 4 nitrogen and oxygen atoms in total. The molecule has 0 saturated carbocycles. The third kappa shape index (κ3) is 2.25. The highest BCUT2D eigenvalue weighted by atomic mass is 16.2. The average Bonchev–Trinajstić information content (AvgIpc) is 2.31. The van der Waals surface area contributed by atoms with Crippen molar-refractivity contribution in [2.24, 2.45) is 11.7 Å². The molecule has 1 amide bonds. The molecule has 4 heteroatoms. The third-order valence-electron chi connectivity index (χ3n) is 2.76. The van der Waals surface area contributed by atoms with Crippen LogP contribution in [0.4, 0.5) is 0 Å². The molecule has 0 aromatic heterocycles. The molecule has 2 N–H and O–H groups in total. The molecule has 1 saturated heterocycles. The minimum Gasteiger partial charge on any atom is -0.326 e. The molecular weight excluding hydrogens is 178 g/mol. The Labute approximate surface area is 86.0 Å². The fourth-order valence-corrected chi connectivity index (χ4v) is 1.94. The standard InChI is InChI=1S/C10H21N3O/c1-7(2)9-5-10(14)13(12(9)4)6-8(3)11/h7-9H,5-6,11H2,1-4H3. The molecule has 0 aromatic rings. The van der Waals surface area contributed by atoms with Gasteiger partial charge in [-0.1, -0.05) is 13.8 Å². The van der Waals surface area contributed by atoms with Crippen LogP contribution in [0.5, 0.6) is 0 Å². The molecule has 1 fully saturated rings. The molecule has 1 rings (SSSR count). The van der Waals surface area contributed by atoms with E-state index in [1.165, 1.54) is 0 Å². The average molecular weight is 199 g/mol. The van der Waals surface area contributed by atoms with Gasteiger partial charge in [0.25, 0.3) is 0 Å². The van der Waals surface area contributed by atoms with E-state index in [1.807, 2.05) is 19.0 Å². The first-order valence-corrected chi connectivity index (χ1v) is 5.22. The van der Waals surface area contributed by atoms with Gasteiger partial charge >= 0.3 is 0 Å². The summed E-state index contributed by atoms with van der Waals surface area (Å²) in [5.74, 6) is 0.700. The van der Waals surface area contributed by atoms with E-state index in [0.717, 1.165) is 0 Å². The normalized spacial score (nSPS) is 26.3. The summed E-state index contributed by atoms with van der Waals surface area (Å²) in [6, 6.07) is 0.369. The van der Waals surface area contributed by atoms with Gasteiger partial charge in [-0.15, -0.1) is 0 Å². The Morgan fingerprint density at radius 2 is 2.07 bits per heavy atom. The maximum absolute atomic E-state index is 11.7. The monoisotopic (exact) mass is 199 g/mol. The lowest BCUT2D eigenvalue weighted by atomic mass is 10.0. The van der Waals surface area contributed by atoms with Crippen molar-refractivity contribution in [3.63, 3.8) is 0 Å². The van der Waals surface area contributed by atoms with Crippen molar-refractivity contribution in [3.05, 3.63) is 0 Å². The molecule has 0 spiro atoms. The number of nitrogens with zero attached hydrogens (tertiary/aromatic N) is 2. The molecule has 2 unspecified atom stereocenters. The van der Waals surface area contributed by atoms with E-state index in [9.17, 15) is 4.79 Å². The SMILES string of the molecule is CC(N)CN1C(=O)CC(C(C)C)N1C. The predicted octanol–water partition coefficient (Wildman–Crippen LogP) is 0.437. The van der Waals surface area contributed by atoms with Crippen molar-refractivity contribution in [3.8, 4) is 0 Å². The summed E-state index contributed by atoms with van der Waals surface area (Å²) >= 11 is 0. The van der Waals surface area contributed by atoms with E-state index in [2.05, 4.69) is 13.8 Å². The number of hydrogen-bond acceptors (Lipinski definition) is 3. The van der Waals surface area contributed by atoms with E-state index in [0.29, 0.717) is 24.9 Å². The number of amides is 1. The third-order valence-corrected chi connectivity index (χ3v) is 2.76. The highest BCUT2D eigenvalue weighted by Gasteiger charge is 2.36. The Kier molecular flexibility index (Phi) is 3.50. The van der Waals surface area contributed by atoms with Crippen LogP contribution >= 0.6 is 0 Å². The molecule has 14 heavy (non-hydrogen) atoms. The van der Waals surface area contributed by atoms with Crippen LogP contribution in [0.15, 0.2) is 0 Å². The molecule has 0 bridgehead atoms. The van der Waals surface area contributed by atoms with Gasteiger partial charge in [0.15, 0.2) is 0 Å². The first-order valence-electron chi connectivity index (χ1n) is 5.22. The lowest BCUT2D eigenvalue weighted by Crippen LogP contribution is -2.46. The molecule has 1 heterocycles. The second-order valence-electron chi connectivity index (χ2n) is 4.54. The molecule has 0 aliphatic carbocycles. The van der Waals surface area contributed by atoms with Crippen molar-refractivity contribution >= 4 is 5.91 Å². The van der Waals surface area contributed by atoms with Crippen LogP contribution in [0, 0.1) is 5.92 Å². The van der Waals surface area contributed by atoms with Gasteiger partial charge in [-0.3, -0.25) is 9.80 Å². The molecule has 82 valence electrons. The van der Waals surface area contributed by atoms with Gasteiger partial charge in [0.2, 0.25) is 5.91 Å². The summed E-state index contributed by atoms with van der Waals surface area (Å²) in [5, 5.41) is 3.81. The minimum atomic E-state index is 0.0345. The van der Waals surface area contributed by atoms with Gasteiger partial charge in [0.1, 0.15) is 0 Å². The summed E-state index contributed by atoms with van der Waals surface area (Å²) in [4.78, 5) is 11.7. The second kappa shape index (κ2) is 4.28. The maximum atomic E-state index is 11.7. The van der Waals surface area contributed by atoms with Crippen molar-refractivity contribution in [2.75, 3.05) is 13.6 Å². The molecule has 1 aliphatic heterocycles. The lowest BCUT2D eigenvalue weighted by molar-refractivity contribution is -0.137. The van der Waals surface area contributed by atoms with Crippen LogP contribution < -0.4 is 5.73 Å². The van der Waals surface area contributed by atoms with Crippen molar-refractivity contribution in [1.29, 1.82) is 0 Å². The van der Waals surface area contributed by atoms with Crippen LogP contribution in [-0.4, -0.2) is 41.6 Å². The first kappa shape index (κ1) is 11.5. The zero-order chi connectivity index (χ0) is 10.9. The van der Waals surface area contributed by atoms with Crippen LogP contribution in [-0.2, 0) is 4.79 Å². The molecular formula is C10H21N3O. The summed E-state index contributed by atoms with van der Waals surface area (Å²) in [6.45, 7) is 6.83. The summed E-state index contributed by atoms with van der Waals surface area (Å²) < 4.78 is 0. The van der Waals surface area contributed by atoms with Gasteiger partial charge in [0, 0.05) is 25.6 Å². The van der Waals surface area contributed by atoms with E-state index >= 15 is 0 Å². The van der Waals surface area contributed by atoms with Crippen molar-refractivity contribution < 1.29 is 4.79 Å². The number of hydrazine groups is 1. The lowest BCUT2D eigenvalue weighted by Gasteiger charge is -2.31. The number of hydrogen-bond donors (Lipinski definition) is 1. The highest BCUT2D eigenvalue weighted by Crippen LogP contribution is 2.23. The first-order chi connectivity index (χ1) is 6.43. The maximum Gasteiger partial charge on any atom is 0.238 e. The topological polar surface area (TPSA) is 49.6 Å². The number of rotatable bonds is 3. The molecule has 0 aromatic carbocycles. The molecule has 1 aliphatic rings. The minimum absolute atomic E-state index is 0.0345. The Hall–Kier alpha value is -0.610. The van der Waals surface area contributed by atoms with E-state index < -0.39 is 0 Å². The zero-order valence-corrected chi connectivity index (χ0v) is 9.53. The van der Waals surface area contributed by atoms with E-state index in [4.69, 9.17) is 5.73 Å². The Bertz CT molecular complexity index is 215. The molecule has 2 atom stereocenters. The Morgan fingerprint density at radius 1 is 1.50 bits per heavy atom. The van der Waals surface area contributed by atoms with Crippen LogP contribution in [0.1, 0.15) is 27.2 Å². The largest absolute Gasteiger partial charge is 0.326 e. The summed E-state index contributed by atoms with van der Waals surface area (Å²) in [7, 11) is 1.97. The highest BCUT2D eigenvalue weighted by molar-refractivity contribution is 5.78. The van der Waals surface area contributed by atoms with Gasteiger partial charge in [-0.05, 0) is 12.8 Å². The van der Waals surface area contributed by atoms with Gasteiger partial charge < -0.3 is 5.73 Å². The van der Waals surface area contributed by atoms with Gasteiger partial charge in [-0.2, -0.15) is 0 Å². The Balaban J connectivity index is 2.65. The number of nitrogens with two attached hydrogens (primary N) is 1. The second-order valence-corrected chi connectivity index (χ2v) is 4.54. The predicted molar refractivity (Wildman–Crippen MR) is 56.4 cm³/mol. The van der Waals surface area contributed by atoms with Crippen molar-refractivity contribution in [1.82, 2.24) is 10.0 Å². The van der Waals surface area contributed by atoms with Crippen LogP contribution in [0.25, 0.3) is 0 Å². The Morgan fingerprint density at radius 3 is 2.43 bits per heavy atom. The van der Waals surface area contributed by atoms with E-state index in [-0.39, 0.29) is 11.9 Å². The van der Waals surface area contributed by atoms with Crippen LogP contribution in [0.3, 0.4) is 0 Å². The zero-order valence-electron chi connectivity index (χ0n) is 9.53. The fourth-order valence-electron chi connectivity index (χ4n) is 1.94. The number of carbonyl (C=O) groups excluding carboxylic acids is 1. The number of carbonyl (C=O) groups is 1. The van der Waals surface area contributed by atoms with Crippen molar-refractivity contribution in [2.45, 2.75) is 39.3 Å². The smallest absolute Gasteiger partial charge is 0.238 e. The van der Waals surface area contributed by atoms with Gasteiger partial charge in [-0.25, -0.2) is 5.01 Å². The molecule has 0 radical (unpaired) electrons. The fraction of sp³-hybridized carbons (Fsp3) is 0.900. The quantitative estimate of drug-likeness (QED) is 0.717. The van der Waals surface area contributed by atoms with E-state index in [1.54, 1.807) is 5.01 Å². The van der Waals surface area contributed by atoms with Crippen LogP contribution in [0.2, 0.25) is 0 Å².